The first kappa shape index (κ1) is 7.44. The Morgan fingerprint density at radius 2 is 2.40 bits per heavy atom. The number of halogens is 1. The van der Waals surface area contributed by atoms with Crippen LogP contribution in [-0.2, 0) is 4.79 Å². The van der Waals surface area contributed by atoms with Gasteiger partial charge in [-0.15, -0.1) is 11.3 Å². The molecule has 4 heteroatoms. The van der Waals surface area contributed by atoms with Gasteiger partial charge in [-0.1, -0.05) is 11.6 Å². The number of rotatable bonds is 2. The minimum atomic E-state index is -0.525. The van der Waals surface area contributed by atoms with Crippen LogP contribution in [0.25, 0.3) is 0 Å². The van der Waals surface area contributed by atoms with E-state index in [-0.39, 0.29) is 6.29 Å². The van der Waals surface area contributed by atoms with Gasteiger partial charge >= 0.3 is 0 Å². The topological polar surface area (TPSA) is 34.1 Å². The third-order valence-corrected chi connectivity index (χ3v) is 2.05. The quantitative estimate of drug-likeness (QED) is 0.389. The van der Waals surface area contributed by atoms with Gasteiger partial charge in [0.2, 0.25) is 5.78 Å². The molecule has 0 spiro atoms. The molecule has 0 aliphatic rings. The van der Waals surface area contributed by atoms with Gasteiger partial charge in [0.15, 0.2) is 6.29 Å². The number of thiophene rings is 1. The van der Waals surface area contributed by atoms with Crippen molar-refractivity contribution in [3.8, 4) is 0 Å². The van der Waals surface area contributed by atoms with Gasteiger partial charge in [0.1, 0.15) is 0 Å². The second kappa shape index (κ2) is 2.94. The van der Waals surface area contributed by atoms with Crippen LogP contribution in [-0.4, -0.2) is 12.1 Å². The molecule has 1 rings (SSSR count). The monoisotopic (exact) mass is 174 g/mol. The van der Waals surface area contributed by atoms with Gasteiger partial charge in [0.25, 0.3) is 0 Å². The number of ketones is 1. The van der Waals surface area contributed by atoms with Crippen LogP contribution in [0.15, 0.2) is 11.4 Å². The predicted octanol–water partition coefficient (Wildman–Crippen LogP) is 1.78. The van der Waals surface area contributed by atoms with Crippen molar-refractivity contribution in [2.45, 2.75) is 0 Å². The lowest BCUT2D eigenvalue weighted by Crippen LogP contribution is -1.96. The van der Waals surface area contributed by atoms with Gasteiger partial charge in [0.05, 0.1) is 4.34 Å². The number of carbonyl (C=O) groups is 2. The van der Waals surface area contributed by atoms with Crippen LogP contribution in [0.3, 0.4) is 0 Å². The number of hydrogen-bond acceptors (Lipinski definition) is 3. The maximum Gasteiger partial charge on any atom is 0.226 e. The molecule has 52 valence electrons. The van der Waals surface area contributed by atoms with Crippen molar-refractivity contribution in [2.24, 2.45) is 0 Å². The Bertz CT molecular complexity index is 266. The van der Waals surface area contributed by atoms with Crippen molar-refractivity contribution < 1.29 is 9.59 Å². The highest BCUT2D eigenvalue weighted by Gasteiger charge is 2.04. The Balaban J connectivity index is 2.95. The highest BCUT2D eigenvalue weighted by Crippen LogP contribution is 2.19. The number of aldehydes is 1. The molecule has 0 radical (unpaired) electrons. The SMILES string of the molecule is O=CC(=O)c1csc(Cl)c1. The summed E-state index contributed by atoms with van der Waals surface area (Å²) < 4.78 is 0.519. The first-order valence-corrected chi connectivity index (χ1v) is 3.73. The Kier molecular flexibility index (Phi) is 2.19. The number of carbonyl (C=O) groups excluding carboxylic acids is 2. The van der Waals surface area contributed by atoms with Crippen LogP contribution in [0.4, 0.5) is 0 Å². The Morgan fingerprint density at radius 1 is 1.70 bits per heavy atom. The largest absolute Gasteiger partial charge is 0.294 e. The summed E-state index contributed by atoms with van der Waals surface area (Å²) in [6, 6.07) is 1.48. The van der Waals surface area contributed by atoms with Crippen LogP contribution < -0.4 is 0 Å². The molecule has 0 aromatic carbocycles. The van der Waals surface area contributed by atoms with E-state index in [1.165, 1.54) is 17.4 Å². The molecule has 0 fully saturated rings. The van der Waals surface area contributed by atoms with E-state index in [0.29, 0.717) is 9.90 Å². The molecule has 10 heavy (non-hydrogen) atoms. The zero-order valence-corrected chi connectivity index (χ0v) is 6.41. The molecule has 0 amide bonds. The molecule has 2 nitrogen and oxygen atoms in total. The Morgan fingerprint density at radius 3 is 2.80 bits per heavy atom. The summed E-state index contributed by atoms with van der Waals surface area (Å²) in [6.45, 7) is 0. The normalized spacial score (nSPS) is 9.30. The summed E-state index contributed by atoms with van der Waals surface area (Å²) >= 11 is 6.75. The van der Waals surface area contributed by atoms with Crippen molar-refractivity contribution in [1.82, 2.24) is 0 Å². The summed E-state index contributed by atoms with van der Waals surface area (Å²) in [5.74, 6) is -0.525. The molecule has 0 bridgehead atoms. The summed E-state index contributed by atoms with van der Waals surface area (Å²) in [5, 5.41) is 1.55. The fraction of sp³-hybridized carbons (Fsp3) is 0. The van der Waals surface area contributed by atoms with E-state index < -0.39 is 5.78 Å². The lowest BCUT2D eigenvalue weighted by atomic mass is 10.2. The molecule has 1 aromatic heterocycles. The average molecular weight is 175 g/mol. The molecule has 1 heterocycles. The van der Waals surface area contributed by atoms with E-state index in [2.05, 4.69) is 0 Å². The number of Topliss-reactive ketones (excluding diaryl/α,β-unsaturated/α-hetero) is 1. The highest BCUT2D eigenvalue weighted by atomic mass is 35.5. The zero-order chi connectivity index (χ0) is 7.56. The summed E-state index contributed by atoms with van der Waals surface area (Å²) in [6.07, 6.45) is 0.276. The second-order valence-electron chi connectivity index (χ2n) is 1.62. The fourth-order valence-electron chi connectivity index (χ4n) is 0.507. The highest BCUT2D eigenvalue weighted by molar-refractivity contribution is 7.14. The molecule has 0 aliphatic heterocycles. The van der Waals surface area contributed by atoms with Crippen molar-refractivity contribution in [1.29, 1.82) is 0 Å². The summed E-state index contributed by atoms with van der Waals surface area (Å²) in [4.78, 5) is 20.5. The molecule has 1 aromatic rings. The van der Waals surface area contributed by atoms with E-state index in [1.807, 2.05) is 0 Å². The Hall–Kier alpha value is -0.670. The van der Waals surface area contributed by atoms with Gasteiger partial charge in [-0.05, 0) is 6.07 Å². The molecular formula is C6H3ClO2S. The van der Waals surface area contributed by atoms with Crippen LogP contribution in [0.2, 0.25) is 4.34 Å². The van der Waals surface area contributed by atoms with Crippen LogP contribution in [0, 0.1) is 0 Å². The van der Waals surface area contributed by atoms with E-state index in [4.69, 9.17) is 11.6 Å². The van der Waals surface area contributed by atoms with E-state index in [0.717, 1.165) is 0 Å². The summed E-state index contributed by atoms with van der Waals surface area (Å²) in [7, 11) is 0. The van der Waals surface area contributed by atoms with E-state index in [1.54, 1.807) is 5.38 Å². The van der Waals surface area contributed by atoms with Crippen LogP contribution in [0.5, 0.6) is 0 Å². The molecule has 0 unspecified atom stereocenters. The molecule has 0 saturated carbocycles. The number of hydrogen-bond donors (Lipinski definition) is 0. The summed E-state index contributed by atoms with van der Waals surface area (Å²) in [5.41, 5.74) is 0.366. The van der Waals surface area contributed by atoms with Gasteiger partial charge < -0.3 is 0 Å². The smallest absolute Gasteiger partial charge is 0.226 e. The van der Waals surface area contributed by atoms with E-state index >= 15 is 0 Å². The Labute approximate surface area is 66.4 Å². The molecule has 0 atom stereocenters. The van der Waals surface area contributed by atoms with Gasteiger partial charge in [-0.25, -0.2) is 0 Å². The van der Waals surface area contributed by atoms with E-state index in [9.17, 15) is 9.59 Å². The van der Waals surface area contributed by atoms with Crippen molar-refractivity contribution in [3.63, 3.8) is 0 Å². The standard InChI is InChI=1S/C6H3ClO2S/c7-6-1-4(3-10-6)5(9)2-8/h1-3H. The fourth-order valence-corrected chi connectivity index (χ4v) is 1.38. The molecule has 0 saturated heterocycles. The molecule has 0 aliphatic carbocycles. The lowest BCUT2D eigenvalue weighted by Gasteiger charge is -1.79. The van der Waals surface area contributed by atoms with Crippen LogP contribution >= 0.6 is 22.9 Å². The first-order valence-electron chi connectivity index (χ1n) is 2.47. The van der Waals surface area contributed by atoms with Crippen molar-refractivity contribution >= 4 is 35.0 Å². The predicted molar refractivity (Wildman–Crippen MR) is 39.7 cm³/mol. The molecule has 0 N–H and O–H groups in total. The molecular weight excluding hydrogens is 172 g/mol. The third kappa shape index (κ3) is 1.43. The van der Waals surface area contributed by atoms with Crippen LogP contribution in [0.1, 0.15) is 10.4 Å². The maximum absolute atomic E-state index is 10.6. The lowest BCUT2D eigenvalue weighted by molar-refractivity contribution is -0.104. The third-order valence-electron chi connectivity index (χ3n) is 0.959. The van der Waals surface area contributed by atoms with Crippen molar-refractivity contribution in [3.05, 3.63) is 21.3 Å². The first-order chi connectivity index (χ1) is 4.74. The minimum Gasteiger partial charge on any atom is -0.294 e. The van der Waals surface area contributed by atoms with Gasteiger partial charge in [0, 0.05) is 10.9 Å². The maximum atomic E-state index is 10.6. The average Bonchev–Trinajstić information content (AvgIpc) is 2.34. The minimum absolute atomic E-state index is 0.276. The second-order valence-corrected chi connectivity index (χ2v) is 3.16. The van der Waals surface area contributed by atoms with Crippen molar-refractivity contribution in [2.75, 3.05) is 0 Å². The zero-order valence-electron chi connectivity index (χ0n) is 4.83. The van der Waals surface area contributed by atoms with Gasteiger partial charge in [-0.2, -0.15) is 0 Å². The van der Waals surface area contributed by atoms with Gasteiger partial charge in [-0.3, -0.25) is 9.59 Å².